The Bertz CT molecular complexity index is 488. The van der Waals surface area contributed by atoms with Crippen LogP contribution in [-0.4, -0.2) is 20.2 Å². The molecule has 0 bridgehead atoms. The molecule has 0 saturated carbocycles. The quantitative estimate of drug-likeness (QED) is 0.908. The van der Waals surface area contributed by atoms with Crippen LogP contribution in [0.2, 0.25) is 10.0 Å². The summed E-state index contributed by atoms with van der Waals surface area (Å²) in [6.45, 7) is 2.00. The summed E-state index contributed by atoms with van der Waals surface area (Å²) in [6.07, 6.45) is 0.445. The number of benzene rings is 1. The summed E-state index contributed by atoms with van der Waals surface area (Å²) in [4.78, 5) is 0. The van der Waals surface area contributed by atoms with Gasteiger partial charge in [0.2, 0.25) is 0 Å². The summed E-state index contributed by atoms with van der Waals surface area (Å²) in [5.74, 6) is -0.104. The molecule has 1 rings (SSSR count). The van der Waals surface area contributed by atoms with Crippen LogP contribution in [0.5, 0.6) is 0 Å². The minimum absolute atomic E-state index is 0.104. The molecule has 1 atom stereocenters. The standard InChI is InChI=1S/C11H15Cl2NO2S/c1-8(5-6-14)17(15,16)7-9-3-2-4-10(12)11(9)13/h2-4,8H,5-7,14H2,1H3. The van der Waals surface area contributed by atoms with E-state index >= 15 is 0 Å². The highest BCUT2D eigenvalue weighted by molar-refractivity contribution is 7.91. The van der Waals surface area contributed by atoms with Gasteiger partial charge in [-0.05, 0) is 31.5 Å². The third-order valence-electron chi connectivity index (χ3n) is 2.57. The lowest BCUT2D eigenvalue weighted by molar-refractivity contribution is 0.577. The fourth-order valence-electron chi connectivity index (χ4n) is 1.43. The van der Waals surface area contributed by atoms with E-state index in [1.807, 2.05) is 0 Å². The van der Waals surface area contributed by atoms with Crippen LogP contribution < -0.4 is 5.73 Å². The first kappa shape index (κ1) is 14.8. The maximum atomic E-state index is 12.0. The van der Waals surface area contributed by atoms with Crippen molar-refractivity contribution < 1.29 is 8.42 Å². The van der Waals surface area contributed by atoms with Crippen LogP contribution in [0.25, 0.3) is 0 Å². The number of sulfone groups is 1. The molecule has 0 aliphatic heterocycles. The highest BCUT2D eigenvalue weighted by atomic mass is 35.5. The molecule has 0 radical (unpaired) electrons. The number of rotatable bonds is 5. The van der Waals surface area contributed by atoms with Crippen LogP contribution in [-0.2, 0) is 15.6 Å². The predicted octanol–water partition coefficient (Wildman–Crippen LogP) is 2.65. The van der Waals surface area contributed by atoms with E-state index in [1.165, 1.54) is 0 Å². The summed E-state index contributed by atoms with van der Waals surface area (Å²) >= 11 is 11.8. The highest BCUT2D eigenvalue weighted by Gasteiger charge is 2.22. The lowest BCUT2D eigenvalue weighted by Gasteiger charge is -2.13. The van der Waals surface area contributed by atoms with Gasteiger partial charge in [0, 0.05) is 0 Å². The molecular weight excluding hydrogens is 281 g/mol. The molecule has 1 unspecified atom stereocenters. The third kappa shape index (κ3) is 3.85. The fraction of sp³-hybridized carbons (Fsp3) is 0.455. The molecule has 6 heteroatoms. The van der Waals surface area contributed by atoms with E-state index in [2.05, 4.69) is 0 Å². The zero-order chi connectivity index (χ0) is 13.1. The average Bonchev–Trinajstić information content (AvgIpc) is 2.25. The van der Waals surface area contributed by atoms with E-state index in [4.69, 9.17) is 28.9 Å². The largest absolute Gasteiger partial charge is 0.330 e. The van der Waals surface area contributed by atoms with Crippen LogP contribution in [0.1, 0.15) is 18.9 Å². The Balaban J connectivity index is 2.94. The molecule has 2 N–H and O–H groups in total. The SMILES string of the molecule is CC(CCN)S(=O)(=O)Cc1cccc(Cl)c1Cl. The Morgan fingerprint density at radius 3 is 2.59 bits per heavy atom. The van der Waals surface area contributed by atoms with Crippen molar-refractivity contribution in [2.24, 2.45) is 5.73 Å². The van der Waals surface area contributed by atoms with Crippen molar-refractivity contribution in [2.75, 3.05) is 6.54 Å². The highest BCUT2D eigenvalue weighted by Crippen LogP contribution is 2.27. The number of hydrogen-bond acceptors (Lipinski definition) is 3. The molecule has 0 aliphatic rings. The maximum absolute atomic E-state index is 12.0. The summed E-state index contributed by atoms with van der Waals surface area (Å²) in [7, 11) is -3.24. The van der Waals surface area contributed by atoms with Gasteiger partial charge in [-0.1, -0.05) is 35.3 Å². The number of nitrogens with two attached hydrogens (primary N) is 1. The molecular formula is C11H15Cl2NO2S. The molecule has 3 nitrogen and oxygen atoms in total. The zero-order valence-corrected chi connectivity index (χ0v) is 11.8. The van der Waals surface area contributed by atoms with E-state index in [0.717, 1.165) is 0 Å². The summed E-state index contributed by atoms with van der Waals surface area (Å²) in [6, 6.07) is 4.98. The van der Waals surface area contributed by atoms with Crippen LogP contribution in [0.3, 0.4) is 0 Å². The molecule has 0 aromatic heterocycles. The van der Waals surface area contributed by atoms with Gasteiger partial charge >= 0.3 is 0 Å². The molecule has 0 saturated heterocycles. The van der Waals surface area contributed by atoms with Gasteiger partial charge in [-0.2, -0.15) is 0 Å². The first-order valence-electron chi connectivity index (χ1n) is 5.23. The monoisotopic (exact) mass is 295 g/mol. The Morgan fingerprint density at radius 1 is 1.35 bits per heavy atom. The second kappa shape index (κ2) is 6.05. The van der Waals surface area contributed by atoms with Crippen molar-refractivity contribution in [3.8, 4) is 0 Å². The molecule has 1 aromatic rings. The topological polar surface area (TPSA) is 60.2 Å². The normalized spacial score (nSPS) is 13.6. The second-order valence-corrected chi connectivity index (χ2v) is 7.11. The molecule has 0 fully saturated rings. The van der Waals surface area contributed by atoms with Gasteiger partial charge in [0.25, 0.3) is 0 Å². The van der Waals surface area contributed by atoms with Gasteiger partial charge in [-0.15, -0.1) is 0 Å². The molecule has 17 heavy (non-hydrogen) atoms. The van der Waals surface area contributed by atoms with Crippen molar-refractivity contribution in [3.05, 3.63) is 33.8 Å². The van der Waals surface area contributed by atoms with Gasteiger partial charge < -0.3 is 5.73 Å². The van der Waals surface area contributed by atoms with Gasteiger partial charge in [0.05, 0.1) is 21.0 Å². The second-order valence-electron chi connectivity index (χ2n) is 3.91. The predicted molar refractivity (Wildman–Crippen MR) is 72.2 cm³/mol. The van der Waals surface area contributed by atoms with E-state index in [1.54, 1.807) is 25.1 Å². The fourth-order valence-corrected chi connectivity index (χ4v) is 3.35. The van der Waals surface area contributed by atoms with Gasteiger partial charge in [0.15, 0.2) is 9.84 Å². The Kier molecular flexibility index (Phi) is 5.25. The van der Waals surface area contributed by atoms with Crippen molar-refractivity contribution in [3.63, 3.8) is 0 Å². The maximum Gasteiger partial charge on any atom is 0.157 e. The summed E-state index contributed by atoms with van der Waals surface area (Å²) in [5, 5.41) is 0.200. The smallest absolute Gasteiger partial charge is 0.157 e. The van der Waals surface area contributed by atoms with Crippen LogP contribution >= 0.6 is 23.2 Å². The lowest BCUT2D eigenvalue weighted by atomic mass is 10.2. The first-order chi connectivity index (χ1) is 7.88. The van der Waals surface area contributed by atoms with Crippen LogP contribution in [0.4, 0.5) is 0 Å². The molecule has 96 valence electrons. The zero-order valence-electron chi connectivity index (χ0n) is 9.49. The molecule has 0 amide bonds. The van der Waals surface area contributed by atoms with E-state index in [0.29, 0.717) is 28.6 Å². The number of halogens is 2. The summed E-state index contributed by atoms with van der Waals surface area (Å²) in [5.41, 5.74) is 5.89. The van der Waals surface area contributed by atoms with E-state index in [-0.39, 0.29) is 5.75 Å². The molecule has 0 heterocycles. The van der Waals surface area contributed by atoms with Gasteiger partial charge in [-0.25, -0.2) is 8.42 Å². The van der Waals surface area contributed by atoms with Gasteiger partial charge in [-0.3, -0.25) is 0 Å². The van der Waals surface area contributed by atoms with E-state index in [9.17, 15) is 8.42 Å². The van der Waals surface area contributed by atoms with Crippen LogP contribution in [0, 0.1) is 0 Å². The minimum atomic E-state index is -3.24. The minimum Gasteiger partial charge on any atom is -0.330 e. The summed E-state index contributed by atoms with van der Waals surface area (Å²) < 4.78 is 24.0. The molecule has 0 aliphatic carbocycles. The Hall–Kier alpha value is -0.290. The van der Waals surface area contributed by atoms with Gasteiger partial charge in [0.1, 0.15) is 0 Å². The van der Waals surface area contributed by atoms with E-state index < -0.39 is 15.1 Å². The van der Waals surface area contributed by atoms with Crippen molar-refractivity contribution in [2.45, 2.75) is 24.3 Å². The lowest BCUT2D eigenvalue weighted by Crippen LogP contribution is -2.22. The third-order valence-corrected chi connectivity index (χ3v) is 5.61. The van der Waals surface area contributed by atoms with Crippen molar-refractivity contribution >= 4 is 33.0 Å². The average molecular weight is 296 g/mol. The molecule has 1 aromatic carbocycles. The number of hydrogen-bond donors (Lipinski definition) is 1. The molecule has 0 spiro atoms. The van der Waals surface area contributed by atoms with Crippen molar-refractivity contribution in [1.29, 1.82) is 0 Å². The Labute approximate surface area is 112 Å². The van der Waals surface area contributed by atoms with Crippen molar-refractivity contribution in [1.82, 2.24) is 0 Å². The van der Waals surface area contributed by atoms with Crippen LogP contribution in [0.15, 0.2) is 18.2 Å². The Morgan fingerprint density at radius 2 is 2.00 bits per heavy atom. The first-order valence-corrected chi connectivity index (χ1v) is 7.70.